The summed E-state index contributed by atoms with van der Waals surface area (Å²) in [4.78, 5) is 2.11. The summed E-state index contributed by atoms with van der Waals surface area (Å²) in [7, 11) is 6.18. The van der Waals surface area contributed by atoms with E-state index >= 15 is 0 Å². The van der Waals surface area contributed by atoms with Crippen LogP contribution in [-0.2, 0) is 7.05 Å². The molecule has 1 aromatic heterocycles. The predicted molar refractivity (Wildman–Crippen MR) is 135 cm³/mol. The second-order valence-electron chi connectivity index (χ2n) is 9.63. The van der Waals surface area contributed by atoms with Crippen molar-refractivity contribution in [1.29, 1.82) is 0 Å². The summed E-state index contributed by atoms with van der Waals surface area (Å²) < 4.78 is 8.22. The highest BCUT2D eigenvalue weighted by Crippen LogP contribution is 2.39. The lowest BCUT2D eigenvalue weighted by Crippen LogP contribution is -3.00. The Bertz CT molecular complexity index is 1220. The maximum Gasteiger partial charge on any atom is 0.374 e. The minimum atomic E-state index is 0. The van der Waals surface area contributed by atoms with Crippen molar-refractivity contribution >= 4 is 28.9 Å². The van der Waals surface area contributed by atoms with Crippen molar-refractivity contribution < 1.29 is 33.0 Å². The third-order valence-electron chi connectivity index (χ3n) is 5.94. The van der Waals surface area contributed by atoms with E-state index in [1.54, 1.807) is 0 Å². The fraction of sp³-hybridized carbons (Fsp3) is 0.276. The number of anilines is 1. The maximum absolute atomic E-state index is 6.10. The van der Waals surface area contributed by atoms with E-state index in [9.17, 15) is 0 Å². The van der Waals surface area contributed by atoms with Crippen LogP contribution in [0.1, 0.15) is 38.1 Å². The van der Waals surface area contributed by atoms with Gasteiger partial charge in [0.25, 0.3) is 5.52 Å². The van der Waals surface area contributed by atoms with Crippen molar-refractivity contribution in [3.8, 4) is 0 Å². The zero-order valence-electron chi connectivity index (χ0n) is 20.2. The molecular formula is C29H33IN2O. The SMILES string of the molecule is CN(C)c1ccc(C=CC=CC2=CC(=Cc3oc4ccccc4[n+]3C)CC(C)(C)C2)cc1.[I-]. The molecule has 2 aromatic carbocycles. The van der Waals surface area contributed by atoms with Gasteiger partial charge in [0, 0.05) is 25.8 Å². The molecular weight excluding hydrogens is 519 g/mol. The van der Waals surface area contributed by atoms with E-state index in [-0.39, 0.29) is 29.4 Å². The normalized spacial score (nSPS) is 17.0. The number of halogens is 1. The molecule has 0 N–H and O–H groups in total. The van der Waals surface area contributed by atoms with E-state index in [4.69, 9.17) is 4.42 Å². The Labute approximate surface area is 214 Å². The van der Waals surface area contributed by atoms with Gasteiger partial charge in [-0.25, -0.2) is 0 Å². The molecule has 0 bridgehead atoms. The molecule has 4 rings (SSSR count). The molecule has 0 unspecified atom stereocenters. The van der Waals surface area contributed by atoms with E-state index in [1.807, 2.05) is 18.2 Å². The first kappa shape index (κ1) is 25.0. The Kier molecular flexibility index (Phi) is 8.01. The van der Waals surface area contributed by atoms with Gasteiger partial charge < -0.3 is 33.3 Å². The van der Waals surface area contributed by atoms with Gasteiger partial charge >= 0.3 is 5.89 Å². The number of rotatable bonds is 5. The number of allylic oxidation sites excluding steroid dienone is 6. The molecule has 1 aliphatic carbocycles. The summed E-state index contributed by atoms with van der Waals surface area (Å²) in [6, 6.07) is 16.8. The summed E-state index contributed by atoms with van der Waals surface area (Å²) in [6.45, 7) is 4.67. The minimum Gasteiger partial charge on any atom is -1.00 e. The van der Waals surface area contributed by atoms with E-state index in [0.717, 1.165) is 29.8 Å². The van der Waals surface area contributed by atoms with Gasteiger partial charge in [0.15, 0.2) is 0 Å². The molecule has 0 fully saturated rings. The summed E-state index contributed by atoms with van der Waals surface area (Å²) in [6.07, 6.45) is 15.3. The van der Waals surface area contributed by atoms with Crippen LogP contribution < -0.4 is 33.4 Å². The number of hydrogen-bond donors (Lipinski definition) is 0. The fourth-order valence-corrected chi connectivity index (χ4v) is 4.34. The first-order valence-corrected chi connectivity index (χ1v) is 11.2. The van der Waals surface area contributed by atoms with Crippen LogP contribution in [0.3, 0.4) is 0 Å². The molecule has 3 nitrogen and oxygen atoms in total. The predicted octanol–water partition coefficient (Wildman–Crippen LogP) is 3.73. The Morgan fingerprint density at radius 1 is 0.939 bits per heavy atom. The van der Waals surface area contributed by atoms with Gasteiger partial charge in [-0.15, -0.1) is 0 Å². The summed E-state index contributed by atoms with van der Waals surface area (Å²) >= 11 is 0. The van der Waals surface area contributed by atoms with Crippen molar-refractivity contribution in [3.05, 3.63) is 95.4 Å². The monoisotopic (exact) mass is 552 g/mol. The van der Waals surface area contributed by atoms with Crippen LogP contribution >= 0.6 is 0 Å². The number of nitrogens with zero attached hydrogens (tertiary/aromatic N) is 2. The number of oxazole rings is 1. The molecule has 0 saturated carbocycles. The molecule has 172 valence electrons. The number of aryl methyl sites for hydroxylation is 1. The van der Waals surface area contributed by atoms with Crippen LogP contribution in [0.5, 0.6) is 0 Å². The van der Waals surface area contributed by atoms with Crippen LogP contribution in [0.15, 0.2) is 88.4 Å². The first-order valence-electron chi connectivity index (χ1n) is 11.2. The third kappa shape index (κ3) is 6.26. The van der Waals surface area contributed by atoms with E-state index < -0.39 is 0 Å². The summed E-state index contributed by atoms with van der Waals surface area (Å²) in [5, 5.41) is 0. The maximum atomic E-state index is 6.10. The van der Waals surface area contributed by atoms with Gasteiger partial charge in [-0.2, -0.15) is 4.57 Å². The number of benzene rings is 2. The lowest BCUT2D eigenvalue weighted by molar-refractivity contribution is -0.652. The van der Waals surface area contributed by atoms with Crippen LogP contribution in [-0.4, -0.2) is 14.1 Å². The summed E-state index contributed by atoms with van der Waals surface area (Å²) in [5.41, 5.74) is 7.32. The van der Waals surface area contributed by atoms with E-state index in [2.05, 4.69) is 111 Å². The molecule has 0 saturated heterocycles. The molecule has 0 atom stereocenters. The van der Waals surface area contributed by atoms with Gasteiger partial charge in [-0.1, -0.05) is 68.5 Å². The quantitative estimate of drug-likeness (QED) is 0.273. The van der Waals surface area contributed by atoms with Gasteiger partial charge in [0.1, 0.15) is 7.05 Å². The second kappa shape index (κ2) is 10.6. The average Bonchev–Trinajstić information content (AvgIpc) is 3.06. The molecule has 1 heterocycles. The highest BCUT2D eigenvalue weighted by molar-refractivity contribution is 5.70. The standard InChI is InChI=1S/C29H33N2O.HI/c1-29(2)20-23(11-7-6-10-22-14-16-25(17-15-22)30(3)4)18-24(21-29)19-28-31(5)26-12-8-9-13-27(26)32-28;/h6-19H,20-21H2,1-5H3;1H/q+1;/p-1. The first-order chi connectivity index (χ1) is 15.3. The largest absolute Gasteiger partial charge is 1.00 e. The van der Waals surface area contributed by atoms with Crippen LogP contribution in [0.2, 0.25) is 0 Å². The molecule has 33 heavy (non-hydrogen) atoms. The summed E-state index contributed by atoms with van der Waals surface area (Å²) in [5.74, 6) is 0.888. The molecule has 0 amide bonds. The number of aromatic nitrogens is 1. The highest BCUT2D eigenvalue weighted by atomic mass is 127. The van der Waals surface area contributed by atoms with Crippen LogP contribution in [0, 0.1) is 5.41 Å². The van der Waals surface area contributed by atoms with Gasteiger partial charge in [-0.3, -0.25) is 0 Å². The van der Waals surface area contributed by atoms with Crippen molar-refractivity contribution in [3.63, 3.8) is 0 Å². The Balaban J connectivity index is 0.00000306. The van der Waals surface area contributed by atoms with Gasteiger partial charge in [-0.05, 0) is 53.2 Å². The average molecular weight is 553 g/mol. The lowest BCUT2D eigenvalue weighted by Gasteiger charge is -2.30. The molecule has 3 aromatic rings. The molecule has 4 heteroatoms. The van der Waals surface area contributed by atoms with Crippen molar-refractivity contribution in [1.82, 2.24) is 0 Å². The molecule has 0 radical (unpaired) electrons. The third-order valence-corrected chi connectivity index (χ3v) is 5.94. The van der Waals surface area contributed by atoms with Crippen molar-refractivity contribution in [2.75, 3.05) is 19.0 Å². The molecule has 1 aliphatic rings. The molecule has 0 spiro atoms. The van der Waals surface area contributed by atoms with Gasteiger partial charge in [0.2, 0.25) is 5.58 Å². The Hall–Kier alpha value is -2.60. The number of hydrogen-bond acceptors (Lipinski definition) is 2. The van der Waals surface area contributed by atoms with Crippen LogP contribution in [0.4, 0.5) is 5.69 Å². The van der Waals surface area contributed by atoms with E-state index in [0.29, 0.717) is 0 Å². The zero-order chi connectivity index (χ0) is 22.7. The fourth-order valence-electron chi connectivity index (χ4n) is 4.34. The Morgan fingerprint density at radius 2 is 1.64 bits per heavy atom. The lowest BCUT2D eigenvalue weighted by atomic mass is 9.75. The minimum absolute atomic E-state index is 0. The van der Waals surface area contributed by atoms with Crippen molar-refractivity contribution in [2.24, 2.45) is 12.5 Å². The van der Waals surface area contributed by atoms with Crippen molar-refractivity contribution in [2.45, 2.75) is 26.7 Å². The zero-order valence-corrected chi connectivity index (χ0v) is 22.3. The van der Waals surface area contributed by atoms with E-state index in [1.165, 1.54) is 22.4 Å². The number of para-hydroxylation sites is 2. The highest BCUT2D eigenvalue weighted by Gasteiger charge is 2.26. The Morgan fingerprint density at radius 3 is 2.33 bits per heavy atom. The number of fused-ring (bicyclic) bond motifs is 1. The van der Waals surface area contributed by atoms with Crippen LogP contribution in [0.25, 0.3) is 23.3 Å². The smallest absolute Gasteiger partial charge is 0.374 e. The second-order valence-corrected chi connectivity index (χ2v) is 9.63. The topological polar surface area (TPSA) is 20.3 Å². The van der Waals surface area contributed by atoms with Gasteiger partial charge in [0.05, 0.1) is 6.08 Å². The molecule has 0 aliphatic heterocycles.